The van der Waals surface area contributed by atoms with Crippen LogP contribution in [0.5, 0.6) is 5.75 Å². The molecule has 0 fully saturated rings. The van der Waals surface area contributed by atoms with E-state index in [1.165, 1.54) is 11.8 Å². The Labute approximate surface area is 198 Å². The van der Waals surface area contributed by atoms with Crippen LogP contribution in [0, 0.1) is 13.8 Å². The van der Waals surface area contributed by atoms with Crippen LogP contribution in [0.3, 0.4) is 0 Å². The zero-order valence-electron chi connectivity index (χ0n) is 19.4. The number of nitrogens with zero attached hydrogens (tertiary/aromatic N) is 1. The van der Waals surface area contributed by atoms with Crippen LogP contribution < -0.4 is 20.3 Å². The SMILES string of the molecule is COc1ccc(NC2=C(c3ccc(NC(C)=O)cc3)C(=O)N(c3cc(C)cc(C)c3)C2=O)cc1. The highest BCUT2D eigenvalue weighted by molar-refractivity contribution is 6.46. The first-order valence-corrected chi connectivity index (χ1v) is 10.8. The Kier molecular flexibility index (Phi) is 6.19. The largest absolute Gasteiger partial charge is 0.497 e. The number of nitrogens with one attached hydrogen (secondary N) is 2. The van der Waals surface area contributed by atoms with E-state index in [1.54, 1.807) is 55.6 Å². The van der Waals surface area contributed by atoms with Gasteiger partial charge >= 0.3 is 0 Å². The van der Waals surface area contributed by atoms with E-state index >= 15 is 0 Å². The minimum atomic E-state index is -0.438. The van der Waals surface area contributed by atoms with Gasteiger partial charge in [0.05, 0.1) is 18.4 Å². The van der Waals surface area contributed by atoms with Gasteiger partial charge in [0.25, 0.3) is 11.8 Å². The minimum Gasteiger partial charge on any atom is -0.497 e. The summed E-state index contributed by atoms with van der Waals surface area (Å²) >= 11 is 0. The summed E-state index contributed by atoms with van der Waals surface area (Å²) < 4.78 is 5.20. The molecule has 7 nitrogen and oxygen atoms in total. The highest BCUT2D eigenvalue weighted by atomic mass is 16.5. The predicted molar refractivity (Wildman–Crippen MR) is 133 cm³/mol. The lowest BCUT2D eigenvalue weighted by atomic mass is 10.0. The number of aryl methyl sites for hydroxylation is 2. The van der Waals surface area contributed by atoms with Crippen LogP contribution in [0.4, 0.5) is 17.1 Å². The molecule has 0 spiro atoms. The maximum absolute atomic E-state index is 13.6. The number of hydrogen-bond donors (Lipinski definition) is 2. The van der Waals surface area contributed by atoms with Crippen molar-refractivity contribution >= 4 is 40.4 Å². The summed E-state index contributed by atoms with van der Waals surface area (Å²) in [5, 5.41) is 5.85. The fourth-order valence-electron chi connectivity index (χ4n) is 3.97. The molecule has 3 aromatic rings. The number of imide groups is 1. The van der Waals surface area contributed by atoms with Gasteiger partial charge in [-0.1, -0.05) is 18.2 Å². The van der Waals surface area contributed by atoms with E-state index in [4.69, 9.17) is 4.74 Å². The molecule has 3 amide bonds. The molecule has 1 aliphatic rings. The Balaban J connectivity index is 1.78. The molecule has 3 aromatic carbocycles. The number of carbonyl (C=O) groups excluding carboxylic acids is 3. The third kappa shape index (κ3) is 4.54. The van der Waals surface area contributed by atoms with Gasteiger partial charge in [-0.3, -0.25) is 14.4 Å². The van der Waals surface area contributed by atoms with Gasteiger partial charge in [-0.25, -0.2) is 4.90 Å². The lowest BCUT2D eigenvalue weighted by Gasteiger charge is -2.17. The number of rotatable bonds is 6. The summed E-state index contributed by atoms with van der Waals surface area (Å²) in [5.41, 5.74) is 4.68. The van der Waals surface area contributed by atoms with Crippen LogP contribution in [0.15, 0.2) is 72.4 Å². The van der Waals surface area contributed by atoms with Crippen molar-refractivity contribution in [2.75, 3.05) is 22.6 Å². The van der Waals surface area contributed by atoms with Crippen molar-refractivity contribution in [3.05, 3.63) is 89.1 Å². The van der Waals surface area contributed by atoms with E-state index < -0.39 is 11.8 Å². The Morgan fingerprint density at radius 1 is 0.824 bits per heavy atom. The number of carbonyl (C=O) groups is 3. The zero-order valence-corrected chi connectivity index (χ0v) is 19.4. The fraction of sp³-hybridized carbons (Fsp3) is 0.148. The van der Waals surface area contributed by atoms with Gasteiger partial charge in [0.15, 0.2) is 0 Å². The molecule has 0 aliphatic carbocycles. The third-order valence-electron chi connectivity index (χ3n) is 5.40. The smallest absolute Gasteiger partial charge is 0.282 e. The Hall–Kier alpha value is -4.39. The van der Waals surface area contributed by atoms with Crippen molar-refractivity contribution in [1.29, 1.82) is 0 Å². The van der Waals surface area contributed by atoms with Gasteiger partial charge in [0.1, 0.15) is 11.4 Å². The molecule has 0 unspecified atom stereocenters. The average Bonchev–Trinajstić information content (AvgIpc) is 3.03. The maximum atomic E-state index is 13.6. The van der Waals surface area contributed by atoms with E-state index in [0.717, 1.165) is 11.1 Å². The second-order valence-electron chi connectivity index (χ2n) is 8.15. The van der Waals surface area contributed by atoms with Crippen LogP contribution in [0.2, 0.25) is 0 Å². The second kappa shape index (κ2) is 9.23. The normalized spacial score (nSPS) is 13.4. The first-order valence-electron chi connectivity index (χ1n) is 10.8. The summed E-state index contributed by atoms with van der Waals surface area (Å²) in [6.07, 6.45) is 0. The number of hydrogen-bond acceptors (Lipinski definition) is 5. The minimum absolute atomic E-state index is 0.182. The van der Waals surface area contributed by atoms with Gasteiger partial charge in [0.2, 0.25) is 5.91 Å². The topological polar surface area (TPSA) is 87.7 Å². The number of anilines is 3. The molecular formula is C27H25N3O4. The summed E-state index contributed by atoms with van der Waals surface area (Å²) in [6.45, 7) is 5.27. The molecule has 172 valence electrons. The molecule has 2 N–H and O–H groups in total. The Morgan fingerprint density at radius 2 is 1.41 bits per heavy atom. The highest BCUT2D eigenvalue weighted by Gasteiger charge is 2.40. The van der Waals surface area contributed by atoms with E-state index in [9.17, 15) is 14.4 Å². The molecule has 7 heteroatoms. The van der Waals surface area contributed by atoms with E-state index in [2.05, 4.69) is 10.6 Å². The molecule has 0 bridgehead atoms. The highest BCUT2D eigenvalue weighted by Crippen LogP contribution is 2.35. The van der Waals surface area contributed by atoms with Crippen LogP contribution >= 0.6 is 0 Å². The summed E-state index contributed by atoms with van der Waals surface area (Å²) in [5.74, 6) is -0.369. The Morgan fingerprint density at radius 3 is 1.97 bits per heavy atom. The van der Waals surface area contributed by atoms with E-state index in [0.29, 0.717) is 28.4 Å². The third-order valence-corrected chi connectivity index (χ3v) is 5.40. The standard InChI is InChI=1S/C27H25N3O4/c1-16-13-17(2)15-22(14-16)30-26(32)24(19-5-7-20(8-6-19)28-18(3)31)25(27(30)33)29-21-9-11-23(34-4)12-10-21/h5-15,29H,1-4H3,(H,28,31). The van der Waals surface area contributed by atoms with Gasteiger partial charge < -0.3 is 15.4 Å². The fourth-order valence-corrected chi connectivity index (χ4v) is 3.97. The molecular weight excluding hydrogens is 430 g/mol. The summed E-state index contributed by atoms with van der Waals surface area (Å²) in [7, 11) is 1.58. The molecule has 0 atom stereocenters. The molecule has 34 heavy (non-hydrogen) atoms. The Bertz CT molecular complexity index is 1290. The summed E-state index contributed by atoms with van der Waals surface area (Å²) in [4.78, 5) is 39.7. The molecule has 0 saturated heterocycles. The first-order chi connectivity index (χ1) is 16.3. The molecule has 0 radical (unpaired) electrons. The lowest BCUT2D eigenvalue weighted by Crippen LogP contribution is -2.32. The molecule has 0 saturated carbocycles. The van der Waals surface area contributed by atoms with Crippen LogP contribution in [-0.4, -0.2) is 24.8 Å². The average molecular weight is 456 g/mol. The van der Waals surface area contributed by atoms with Crippen LogP contribution in [-0.2, 0) is 14.4 Å². The number of methoxy groups -OCH3 is 1. The zero-order chi connectivity index (χ0) is 24.4. The van der Waals surface area contributed by atoms with Crippen molar-refractivity contribution in [3.8, 4) is 5.75 Å². The number of amides is 3. The van der Waals surface area contributed by atoms with Crippen molar-refractivity contribution in [2.45, 2.75) is 20.8 Å². The molecule has 4 rings (SSSR count). The first kappa shape index (κ1) is 22.8. The second-order valence-corrected chi connectivity index (χ2v) is 8.15. The van der Waals surface area contributed by atoms with Gasteiger partial charge in [-0.2, -0.15) is 0 Å². The van der Waals surface area contributed by atoms with Crippen LogP contribution in [0.25, 0.3) is 5.57 Å². The molecule has 0 aromatic heterocycles. The predicted octanol–water partition coefficient (Wildman–Crippen LogP) is 4.67. The van der Waals surface area contributed by atoms with E-state index in [1.807, 2.05) is 32.0 Å². The van der Waals surface area contributed by atoms with E-state index in [-0.39, 0.29) is 17.2 Å². The van der Waals surface area contributed by atoms with Crippen molar-refractivity contribution < 1.29 is 19.1 Å². The van der Waals surface area contributed by atoms with Crippen molar-refractivity contribution in [1.82, 2.24) is 0 Å². The van der Waals surface area contributed by atoms with Crippen molar-refractivity contribution in [2.24, 2.45) is 0 Å². The maximum Gasteiger partial charge on any atom is 0.282 e. The van der Waals surface area contributed by atoms with Crippen LogP contribution in [0.1, 0.15) is 23.6 Å². The van der Waals surface area contributed by atoms with Crippen molar-refractivity contribution in [3.63, 3.8) is 0 Å². The summed E-state index contributed by atoms with van der Waals surface area (Å²) in [6, 6.07) is 19.5. The molecule has 1 heterocycles. The molecule has 1 aliphatic heterocycles. The monoisotopic (exact) mass is 455 g/mol. The van der Waals surface area contributed by atoms with Gasteiger partial charge in [-0.05, 0) is 79.1 Å². The number of ether oxygens (including phenoxy) is 1. The number of benzene rings is 3. The quantitative estimate of drug-likeness (QED) is 0.528. The van der Waals surface area contributed by atoms with Gasteiger partial charge in [-0.15, -0.1) is 0 Å². The lowest BCUT2D eigenvalue weighted by molar-refractivity contribution is -0.120. The van der Waals surface area contributed by atoms with Gasteiger partial charge in [0, 0.05) is 18.3 Å².